The Morgan fingerprint density at radius 2 is 1.71 bits per heavy atom. The third-order valence-electron chi connectivity index (χ3n) is 4.87. The molecule has 0 bridgehead atoms. The van der Waals surface area contributed by atoms with Gasteiger partial charge in [0.15, 0.2) is 0 Å². The molecule has 0 aromatic carbocycles. The minimum absolute atomic E-state index is 0.129. The zero-order valence-electron chi connectivity index (χ0n) is 16.2. The number of carbonyl (C=O) groups excluding carboxylic acids is 2. The molecule has 0 radical (unpaired) electrons. The van der Waals surface area contributed by atoms with Crippen LogP contribution in [0.15, 0.2) is 0 Å². The van der Waals surface area contributed by atoms with Crippen molar-refractivity contribution in [2.45, 2.75) is 78.8 Å². The van der Waals surface area contributed by atoms with E-state index >= 15 is 0 Å². The summed E-state index contributed by atoms with van der Waals surface area (Å²) >= 11 is 0. The van der Waals surface area contributed by atoms with Gasteiger partial charge in [-0.2, -0.15) is 0 Å². The van der Waals surface area contributed by atoms with E-state index in [1.54, 1.807) is 0 Å². The molecule has 0 aromatic rings. The van der Waals surface area contributed by atoms with E-state index in [2.05, 4.69) is 33.0 Å². The van der Waals surface area contributed by atoms with E-state index in [4.69, 9.17) is 5.73 Å². The summed E-state index contributed by atoms with van der Waals surface area (Å²) in [7, 11) is 0. The predicted octanol–water partition coefficient (Wildman–Crippen LogP) is 2.54. The summed E-state index contributed by atoms with van der Waals surface area (Å²) in [5.41, 5.74) is 5.62. The van der Waals surface area contributed by atoms with E-state index in [-0.39, 0.29) is 23.7 Å². The molecule has 0 spiro atoms. The van der Waals surface area contributed by atoms with Crippen LogP contribution in [0.5, 0.6) is 0 Å². The summed E-state index contributed by atoms with van der Waals surface area (Å²) in [6.07, 6.45) is 4.26. The van der Waals surface area contributed by atoms with Crippen LogP contribution in [0.2, 0.25) is 0 Å². The van der Waals surface area contributed by atoms with Crippen molar-refractivity contribution in [2.75, 3.05) is 13.1 Å². The van der Waals surface area contributed by atoms with E-state index < -0.39 is 0 Å². The number of nitrogens with two attached hydrogens (primary N) is 1. The normalized spacial score (nSPS) is 18.9. The summed E-state index contributed by atoms with van der Waals surface area (Å²) in [5, 5.41) is 3.55. The van der Waals surface area contributed by atoms with Gasteiger partial charge >= 0.3 is 0 Å². The van der Waals surface area contributed by atoms with Gasteiger partial charge in [0.05, 0.1) is 0 Å². The molecule has 1 saturated heterocycles. The Kier molecular flexibility index (Phi) is 8.74. The van der Waals surface area contributed by atoms with Gasteiger partial charge in [-0.3, -0.25) is 9.59 Å². The number of piperidine rings is 1. The molecule has 5 heteroatoms. The lowest BCUT2D eigenvalue weighted by molar-refractivity contribution is -0.143. The highest BCUT2D eigenvalue weighted by atomic mass is 16.2. The first-order valence-electron chi connectivity index (χ1n) is 9.60. The first kappa shape index (κ1) is 20.9. The fourth-order valence-electron chi connectivity index (χ4n) is 3.77. The molecule has 3 N–H and O–H groups in total. The average molecular weight is 340 g/mol. The minimum atomic E-state index is -0.337. The molecule has 5 nitrogen and oxygen atoms in total. The Balaban J connectivity index is 2.76. The van der Waals surface area contributed by atoms with Gasteiger partial charge in [0, 0.05) is 37.0 Å². The van der Waals surface area contributed by atoms with Crippen molar-refractivity contribution in [1.82, 2.24) is 10.2 Å². The molecular weight excluding hydrogens is 302 g/mol. The van der Waals surface area contributed by atoms with Crippen LogP contribution in [0, 0.1) is 17.8 Å². The Hall–Kier alpha value is -1.10. The zero-order chi connectivity index (χ0) is 18.3. The molecule has 1 fully saturated rings. The lowest BCUT2D eigenvalue weighted by Gasteiger charge is -2.37. The standard InChI is InChI=1S/C19H37N3O2/c1-6-7-16(18(20)23)17(12-13(2)3)19(24)22-10-8-15(9-11-22)21-14(4)5/h13-17,21H,6-12H2,1-5H3,(H2,20,23)/t16-,17+/m0/s1. The van der Waals surface area contributed by atoms with E-state index in [9.17, 15) is 9.59 Å². The van der Waals surface area contributed by atoms with Crippen molar-refractivity contribution < 1.29 is 9.59 Å². The quantitative estimate of drug-likeness (QED) is 0.678. The number of hydrogen-bond acceptors (Lipinski definition) is 3. The maximum absolute atomic E-state index is 13.1. The fraction of sp³-hybridized carbons (Fsp3) is 0.895. The second-order valence-electron chi connectivity index (χ2n) is 7.95. The molecule has 0 aromatic heterocycles. The maximum atomic E-state index is 13.1. The van der Waals surface area contributed by atoms with Crippen molar-refractivity contribution in [2.24, 2.45) is 23.5 Å². The Morgan fingerprint density at radius 1 is 1.12 bits per heavy atom. The number of likely N-dealkylation sites (tertiary alicyclic amines) is 1. The summed E-state index contributed by atoms with van der Waals surface area (Å²) in [6, 6.07) is 0.954. The first-order chi connectivity index (χ1) is 11.3. The van der Waals surface area contributed by atoms with Crippen LogP contribution in [0.25, 0.3) is 0 Å². The fourth-order valence-corrected chi connectivity index (χ4v) is 3.77. The molecule has 140 valence electrons. The lowest BCUT2D eigenvalue weighted by Crippen LogP contribution is -2.50. The van der Waals surface area contributed by atoms with Crippen LogP contribution in [0.4, 0.5) is 0 Å². The van der Waals surface area contributed by atoms with E-state index in [0.29, 0.717) is 24.4 Å². The largest absolute Gasteiger partial charge is 0.369 e. The third-order valence-corrected chi connectivity index (χ3v) is 4.87. The highest BCUT2D eigenvalue weighted by molar-refractivity contribution is 5.87. The molecule has 0 aliphatic carbocycles. The van der Waals surface area contributed by atoms with Crippen LogP contribution >= 0.6 is 0 Å². The number of primary amides is 1. The highest BCUT2D eigenvalue weighted by Gasteiger charge is 2.36. The lowest BCUT2D eigenvalue weighted by atomic mass is 9.81. The van der Waals surface area contributed by atoms with Crippen molar-refractivity contribution in [3.05, 3.63) is 0 Å². The van der Waals surface area contributed by atoms with Crippen LogP contribution in [-0.4, -0.2) is 41.9 Å². The van der Waals surface area contributed by atoms with Gasteiger partial charge in [-0.25, -0.2) is 0 Å². The predicted molar refractivity (Wildman–Crippen MR) is 98.4 cm³/mol. The number of hydrogen-bond donors (Lipinski definition) is 2. The molecule has 2 atom stereocenters. The van der Waals surface area contributed by atoms with Crippen LogP contribution in [0.1, 0.15) is 66.7 Å². The van der Waals surface area contributed by atoms with Crippen molar-refractivity contribution in [1.29, 1.82) is 0 Å². The zero-order valence-corrected chi connectivity index (χ0v) is 16.2. The number of nitrogens with one attached hydrogen (secondary N) is 1. The molecule has 0 unspecified atom stereocenters. The molecule has 1 aliphatic heterocycles. The molecule has 2 amide bonds. The number of nitrogens with zero attached hydrogens (tertiary/aromatic N) is 1. The average Bonchev–Trinajstić information content (AvgIpc) is 2.49. The van der Waals surface area contributed by atoms with Crippen molar-refractivity contribution in [3.63, 3.8) is 0 Å². The van der Waals surface area contributed by atoms with Crippen LogP contribution in [0.3, 0.4) is 0 Å². The monoisotopic (exact) mass is 339 g/mol. The first-order valence-corrected chi connectivity index (χ1v) is 9.60. The van der Waals surface area contributed by atoms with Crippen LogP contribution < -0.4 is 11.1 Å². The third kappa shape index (κ3) is 6.42. The Morgan fingerprint density at radius 3 is 2.12 bits per heavy atom. The molecule has 24 heavy (non-hydrogen) atoms. The van der Waals surface area contributed by atoms with Crippen molar-refractivity contribution in [3.8, 4) is 0 Å². The number of carbonyl (C=O) groups is 2. The van der Waals surface area contributed by atoms with Gasteiger partial charge in [-0.05, 0) is 31.6 Å². The van der Waals surface area contributed by atoms with Gasteiger partial charge in [-0.1, -0.05) is 41.0 Å². The van der Waals surface area contributed by atoms with Gasteiger partial charge < -0.3 is 16.0 Å². The second kappa shape index (κ2) is 10.0. The molecular formula is C19H37N3O2. The summed E-state index contributed by atoms with van der Waals surface area (Å²) in [6.45, 7) is 12.1. The number of rotatable bonds is 9. The van der Waals surface area contributed by atoms with E-state index in [1.807, 2.05) is 11.8 Å². The van der Waals surface area contributed by atoms with E-state index in [1.165, 1.54) is 0 Å². The van der Waals surface area contributed by atoms with Crippen molar-refractivity contribution >= 4 is 11.8 Å². The van der Waals surface area contributed by atoms with Gasteiger partial charge in [0.1, 0.15) is 0 Å². The van der Waals surface area contributed by atoms with Gasteiger partial charge in [0.25, 0.3) is 0 Å². The number of amides is 2. The topological polar surface area (TPSA) is 75.4 Å². The van der Waals surface area contributed by atoms with E-state index in [0.717, 1.165) is 38.8 Å². The Bertz CT molecular complexity index is 401. The highest BCUT2D eigenvalue weighted by Crippen LogP contribution is 2.28. The summed E-state index contributed by atoms with van der Waals surface area (Å²) in [5.74, 6) is -0.428. The van der Waals surface area contributed by atoms with Gasteiger partial charge in [0.2, 0.25) is 11.8 Å². The molecule has 1 heterocycles. The maximum Gasteiger partial charge on any atom is 0.226 e. The minimum Gasteiger partial charge on any atom is -0.369 e. The molecule has 1 aliphatic rings. The van der Waals surface area contributed by atoms with Gasteiger partial charge in [-0.15, -0.1) is 0 Å². The summed E-state index contributed by atoms with van der Waals surface area (Å²) < 4.78 is 0. The Labute approximate surface area is 147 Å². The SMILES string of the molecule is CCC[C@H](C(N)=O)[C@@H](CC(C)C)C(=O)N1CCC(NC(C)C)CC1. The van der Waals surface area contributed by atoms with Crippen LogP contribution in [-0.2, 0) is 9.59 Å². The molecule has 0 saturated carbocycles. The molecule has 1 rings (SSSR count). The summed E-state index contributed by atoms with van der Waals surface area (Å²) in [4.78, 5) is 27.0. The second-order valence-corrected chi connectivity index (χ2v) is 7.95. The smallest absolute Gasteiger partial charge is 0.226 e.